The molecule has 23 heavy (non-hydrogen) atoms. The van der Waals surface area contributed by atoms with E-state index in [1.165, 1.54) is 0 Å². The number of piperidine rings is 1. The first kappa shape index (κ1) is 18.1. The lowest BCUT2D eigenvalue weighted by Crippen LogP contribution is -2.41. The number of amides is 1. The molecular weight excluding hydrogens is 308 g/mol. The fourth-order valence-corrected chi connectivity index (χ4v) is 3.46. The van der Waals surface area contributed by atoms with Crippen LogP contribution in [0.5, 0.6) is 0 Å². The first-order chi connectivity index (χ1) is 10.8. The van der Waals surface area contributed by atoms with Crippen molar-refractivity contribution < 1.29 is 9.53 Å². The minimum atomic E-state index is -0.463. The van der Waals surface area contributed by atoms with Crippen LogP contribution >= 0.6 is 11.8 Å². The highest BCUT2D eigenvalue weighted by atomic mass is 32.2. The Hall–Kier alpha value is -1.23. The van der Waals surface area contributed by atoms with E-state index < -0.39 is 5.60 Å². The van der Waals surface area contributed by atoms with Gasteiger partial charge in [0.05, 0.1) is 11.1 Å². The van der Waals surface area contributed by atoms with E-state index in [-0.39, 0.29) is 12.1 Å². The molecule has 0 saturated carbocycles. The molecule has 0 N–H and O–H groups in total. The Kier molecular flexibility index (Phi) is 5.95. The fourth-order valence-electron chi connectivity index (χ4n) is 2.72. The molecule has 0 bridgehead atoms. The van der Waals surface area contributed by atoms with Gasteiger partial charge in [-0.2, -0.15) is 0 Å². The predicted octanol–water partition coefficient (Wildman–Crippen LogP) is 5.04. The van der Waals surface area contributed by atoms with Gasteiger partial charge in [-0.25, -0.2) is 9.78 Å². The molecular formula is C18H28N2O2S. The van der Waals surface area contributed by atoms with E-state index in [4.69, 9.17) is 4.74 Å². The van der Waals surface area contributed by atoms with Crippen molar-refractivity contribution in [3.63, 3.8) is 0 Å². The molecule has 1 aromatic rings. The third-order valence-electron chi connectivity index (χ3n) is 3.63. The normalized spacial score (nSPS) is 19.0. The maximum absolute atomic E-state index is 12.5. The number of ether oxygens (including phenoxy) is 1. The number of rotatable bonds is 3. The molecule has 0 spiro atoms. The van der Waals surface area contributed by atoms with Crippen LogP contribution in [0, 0.1) is 0 Å². The van der Waals surface area contributed by atoms with Gasteiger partial charge in [-0.1, -0.05) is 19.9 Å². The molecule has 1 atom stereocenters. The lowest BCUT2D eigenvalue weighted by molar-refractivity contribution is 0.00947. The second-order valence-corrected chi connectivity index (χ2v) is 8.88. The smallest absolute Gasteiger partial charge is 0.410 e. The van der Waals surface area contributed by atoms with Crippen molar-refractivity contribution in [2.24, 2.45) is 0 Å². The van der Waals surface area contributed by atoms with E-state index in [2.05, 4.69) is 31.0 Å². The van der Waals surface area contributed by atoms with Gasteiger partial charge in [-0.05, 0) is 51.7 Å². The Balaban J connectivity index is 2.13. The van der Waals surface area contributed by atoms with Gasteiger partial charge in [-0.3, -0.25) is 0 Å². The van der Waals surface area contributed by atoms with E-state index in [0.29, 0.717) is 5.25 Å². The molecule has 2 rings (SSSR count). The molecule has 128 valence electrons. The summed E-state index contributed by atoms with van der Waals surface area (Å²) in [6.45, 7) is 10.8. The summed E-state index contributed by atoms with van der Waals surface area (Å²) < 4.78 is 5.57. The van der Waals surface area contributed by atoms with Crippen molar-refractivity contribution in [2.45, 2.75) is 75.8 Å². The lowest BCUT2D eigenvalue weighted by Gasteiger charge is -2.36. The van der Waals surface area contributed by atoms with E-state index in [1.54, 1.807) is 11.8 Å². The highest BCUT2D eigenvalue weighted by Gasteiger charge is 2.31. The summed E-state index contributed by atoms with van der Waals surface area (Å²) in [4.78, 5) is 18.9. The third kappa shape index (κ3) is 5.41. The summed E-state index contributed by atoms with van der Waals surface area (Å²) >= 11 is 1.75. The number of hydrogen-bond acceptors (Lipinski definition) is 4. The molecule has 1 fully saturated rings. The first-order valence-electron chi connectivity index (χ1n) is 8.38. The largest absolute Gasteiger partial charge is 0.444 e. The number of carbonyl (C=O) groups is 1. The molecule has 1 aromatic heterocycles. The summed E-state index contributed by atoms with van der Waals surface area (Å²) in [5.74, 6) is 0. The molecule has 0 aliphatic carbocycles. The SMILES string of the molecule is CC(C)Sc1ccc([C@H]2CCCCN2C(=O)OC(C)(C)C)cn1. The summed E-state index contributed by atoms with van der Waals surface area (Å²) in [5.41, 5.74) is 0.637. The highest BCUT2D eigenvalue weighted by Crippen LogP contribution is 2.32. The number of hydrogen-bond donors (Lipinski definition) is 0. The van der Waals surface area contributed by atoms with Gasteiger partial charge in [0, 0.05) is 18.0 Å². The Bertz CT molecular complexity index is 523. The van der Waals surface area contributed by atoms with Crippen LogP contribution in [0.4, 0.5) is 4.79 Å². The fraction of sp³-hybridized carbons (Fsp3) is 0.667. The molecule has 4 nitrogen and oxygen atoms in total. The Labute approximate surface area is 144 Å². The van der Waals surface area contributed by atoms with E-state index >= 15 is 0 Å². The number of carbonyl (C=O) groups excluding carboxylic acids is 1. The van der Waals surface area contributed by atoms with Gasteiger partial charge in [-0.15, -0.1) is 11.8 Å². The molecule has 2 heterocycles. The van der Waals surface area contributed by atoms with Crippen LogP contribution < -0.4 is 0 Å². The minimum absolute atomic E-state index is 0.0733. The number of nitrogens with zero attached hydrogens (tertiary/aromatic N) is 2. The van der Waals surface area contributed by atoms with Crippen molar-refractivity contribution in [3.05, 3.63) is 23.9 Å². The first-order valence-corrected chi connectivity index (χ1v) is 9.26. The second kappa shape index (κ2) is 7.56. The minimum Gasteiger partial charge on any atom is -0.444 e. The Morgan fingerprint density at radius 2 is 2.09 bits per heavy atom. The standard InChI is InChI=1S/C18H28N2O2S/c1-13(2)23-16-10-9-14(12-19-16)15-8-6-7-11-20(15)17(21)22-18(3,4)5/h9-10,12-13,15H,6-8,11H2,1-5H3/t15-/m1/s1. The molecule has 5 heteroatoms. The molecule has 1 aliphatic heterocycles. The average Bonchev–Trinajstić information content (AvgIpc) is 2.46. The van der Waals surface area contributed by atoms with Crippen LogP contribution in [-0.4, -0.2) is 33.4 Å². The zero-order valence-corrected chi connectivity index (χ0v) is 15.7. The molecule has 0 unspecified atom stereocenters. The van der Waals surface area contributed by atoms with Crippen LogP contribution in [0.25, 0.3) is 0 Å². The highest BCUT2D eigenvalue weighted by molar-refractivity contribution is 7.99. The summed E-state index contributed by atoms with van der Waals surface area (Å²) in [7, 11) is 0. The summed E-state index contributed by atoms with van der Waals surface area (Å²) in [6, 6.07) is 4.23. The summed E-state index contributed by atoms with van der Waals surface area (Å²) in [5, 5.41) is 1.55. The number of thioether (sulfide) groups is 1. The van der Waals surface area contributed by atoms with Gasteiger partial charge in [0.1, 0.15) is 5.60 Å². The topological polar surface area (TPSA) is 42.4 Å². The van der Waals surface area contributed by atoms with Crippen molar-refractivity contribution >= 4 is 17.9 Å². The van der Waals surface area contributed by atoms with Gasteiger partial charge >= 0.3 is 6.09 Å². The molecule has 0 radical (unpaired) electrons. The monoisotopic (exact) mass is 336 g/mol. The van der Waals surface area contributed by atoms with Crippen molar-refractivity contribution in [1.82, 2.24) is 9.88 Å². The van der Waals surface area contributed by atoms with Gasteiger partial charge in [0.25, 0.3) is 0 Å². The van der Waals surface area contributed by atoms with Crippen molar-refractivity contribution in [3.8, 4) is 0 Å². The zero-order chi connectivity index (χ0) is 17.0. The second-order valence-electron chi connectivity index (χ2n) is 7.28. The molecule has 1 amide bonds. The molecule has 1 saturated heterocycles. The van der Waals surface area contributed by atoms with E-state index in [9.17, 15) is 4.79 Å². The maximum Gasteiger partial charge on any atom is 0.410 e. The van der Waals surface area contributed by atoms with Gasteiger partial charge in [0.2, 0.25) is 0 Å². The number of aromatic nitrogens is 1. The van der Waals surface area contributed by atoms with Crippen molar-refractivity contribution in [1.29, 1.82) is 0 Å². The van der Waals surface area contributed by atoms with Gasteiger partial charge in [0.15, 0.2) is 0 Å². The third-order valence-corrected chi connectivity index (χ3v) is 4.59. The van der Waals surface area contributed by atoms with Crippen LogP contribution in [0.3, 0.4) is 0 Å². The zero-order valence-electron chi connectivity index (χ0n) is 14.8. The Morgan fingerprint density at radius 3 is 2.65 bits per heavy atom. The Morgan fingerprint density at radius 1 is 1.35 bits per heavy atom. The van der Waals surface area contributed by atoms with Crippen molar-refractivity contribution in [2.75, 3.05) is 6.54 Å². The molecule has 1 aliphatic rings. The number of pyridine rings is 1. The molecule has 0 aromatic carbocycles. The lowest BCUT2D eigenvalue weighted by atomic mass is 9.97. The van der Waals surface area contributed by atoms with E-state index in [0.717, 1.165) is 36.4 Å². The van der Waals surface area contributed by atoms with Gasteiger partial charge < -0.3 is 9.64 Å². The van der Waals surface area contributed by atoms with E-state index in [1.807, 2.05) is 31.9 Å². The predicted molar refractivity (Wildman–Crippen MR) is 94.8 cm³/mol. The van der Waals surface area contributed by atoms with Crippen LogP contribution in [-0.2, 0) is 4.74 Å². The van der Waals surface area contributed by atoms with Crippen LogP contribution in [0.2, 0.25) is 0 Å². The van der Waals surface area contributed by atoms with Crippen LogP contribution in [0.15, 0.2) is 23.4 Å². The summed E-state index contributed by atoms with van der Waals surface area (Å²) in [6.07, 6.45) is 4.83. The number of likely N-dealkylation sites (tertiary alicyclic amines) is 1. The average molecular weight is 337 g/mol. The quantitative estimate of drug-likeness (QED) is 0.725. The maximum atomic E-state index is 12.5. The van der Waals surface area contributed by atoms with Crippen LogP contribution in [0.1, 0.15) is 65.5 Å².